The summed E-state index contributed by atoms with van der Waals surface area (Å²) in [5, 5.41) is 10.6. The van der Waals surface area contributed by atoms with Crippen molar-refractivity contribution in [1.29, 1.82) is 0 Å². The Morgan fingerprint density at radius 1 is 0.964 bits per heavy atom. The Balaban J connectivity index is 1.28. The summed E-state index contributed by atoms with van der Waals surface area (Å²) in [7, 11) is 0. The van der Waals surface area contributed by atoms with E-state index in [-0.39, 0.29) is 6.17 Å². The average molecular weight is 387 g/mol. The lowest BCUT2D eigenvalue weighted by Crippen LogP contribution is -2.51. The zero-order chi connectivity index (χ0) is 19.5. The van der Waals surface area contributed by atoms with Crippen LogP contribution in [0.15, 0.2) is 35.8 Å². The summed E-state index contributed by atoms with van der Waals surface area (Å²) in [6.45, 7) is 14.0. The topological polar surface area (TPSA) is 45.8 Å². The summed E-state index contributed by atoms with van der Waals surface area (Å²) >= 11 is 0. The molecule has 0 amide bonds. The van der Waals surface area contributed by atoms with Gasteiger partial charge in [-0.3, -0.25) is 9.80 Å². The highest BCUT2D eigenvalue weighted by atomic mass is 15.3. The third kappa shape index (κ3) is 4.56. The van der Waals surface area contributed by atoms with Gasteiger partial charge in [0.15, 0.2) is 0 Å². The van der Waals surface area contributed by atoms with Gasteiger partial charge < -0.3 is 20.9 Å². The highest BCUT2D eigenvalue weighted by molar-refractivity contribution is 5.26. The SMILES string of the molecule is CC1=CNC(C2=CC=CC(N3CCCN(C4CCN(C(C)C)CC4)CC3)N2)N1. The van der Waals surface area contributed by atoms with Crippen LogP contribution < -0.4 is 16.0 Å². The number of hydrogen-bond donors (Lipinski definition) is 3. The van der Waals surface area contributed by atoms with Gasteiger partial charge in [0.05, 0.1) is 11.9 Å². The van der Waals surface area contributed by atoms with Crippen molar-refractivity contribution in [2.45, 2.75) is 64.4 Å². The van der Waals surface area contributed by atoms with Gasteiger partial charge in [0, 0.05) is 43.6 Å². The molecule has 0 aromatic heterocycles. The number of likely N-dealkylation sites (tertiary alicyclic amines) is 1. The van der Waals surface area contributed by atoms with E-state index in [9.17, 15) is 0 Å². The van der Waals surface area contributed by atoms with Gasteiger partial charge >= 0.3 is 0 Å². The summed E-state index contributed by atoms with van der Waals surface area (Å²) in [5.74, 6) is 0. The number of rotatable bonds is 4. The van der Waals surface area contributed by atoms with Crippen LogP contribution >= 0.6 is 0 Å². The molecule has 3 N–H and O–H groups in total. The molecule has 6 nitrogen and oxygen atoms in total. The van der Waals surface area contributed by atoms with E-state index in [4.69, 9.17) is 0 Å². The average Bonchev–Trinajstić information content (AvgIpc) is 3.00. The van der Waals surface area contributed by atoms with E-state index in [0.29, 0.717) is 12.2 Å². The van der Waals surface area contributed by atoms with Gasteiger partial charge in [0.2, 0.25) is 0 Å². The van der Waals surface area contributed by atoms with Gasteiger partial charge in [0.1, 0.15) is 6.17 Å². The Hall–Kier alpha value is -1.50. The van der Waals surface area contributed by atoms with E-state index in [1.54, 1.807) is 0 Å². The Bertz CT molecular complexity index is 617. The lowest BCUT2D eigenvalue weighted by Gasteiger charge is -2.40. The fourth-order valence-corrected chi connectivity index (χ4v) is 4.98. The predicted octanol–water partition coefficient (Wildman–Crippen LogP) is 1.62. The van der Waals surface area contributed by atoms with Crippen LogP contribution in [0.4, 0.5) is 0 Å². The third-order valence-corrected chi connectivity index (χ3v) is 6.74. The van der Waals surface area contributed by atoms with Crippen LogP contribution in [0, 0.1) is 0 Å². The Labute approximate surface area is 170 Å². The quantitative estimate of drug-likeness (QED) is 0.683. The van der Waals surface area contributed by atoms with Gasteiger partial charge in [-0.15, -0.1) is 0 Å². The molecule has 2 atom stereocenters. The molecule has 4 aliphatic rings. The molecule has 4 rings (SSSR count). The molecule has 2 fully saturated rings. The monoisotopic (exact) mass is 386 g/mol. The van der Waals surface area contributed by atoms with E-state index in [0.717, 1.165) is 12.6 Å². The minimum atomic E-state index is 0.169. The molecule has 0 aromatic rings. The zero-order valence-corrected chi connectivity index (χ0v) is 17.8. The van der Waals surface area contributed by atoms with E-state index in [1.807, 2.05) is 0 Å². The highest BCUT2D eigenvalue weighted by Crippen LogP contribution is 2.21. The van der Waals surface area contributed by atoms with Crippen molar-refractivity contribution in [1.82, 2.24) is 30.7 Å². The van der Waals surface area contributed by atoms with Crippen LogP contribution in [0.1, 0.15) is 40.0 Å². The summed E-state index contributed by atoms with van der Waals surface area (Å²) in [4.78, 5) is 8.02. The molecule has 2 saturated heterocycles. The summed E-state index contributed by atoms with van der Waals surface area (Å²) < 4.78 is 0. The van der Waals surface area contributed by atoms with Gasteiger partial charge in [-0.1, -0.05) is 6.08 Å². The van der Waals surface area contributed by atoms with Crippen molar-refractivity contribution >= 4 is 0 Å². The summed E-state index contributed by atoms with van der Waals surface area (Å²) in [6.07, 6.45) is 13.1. The summed E-state index contributed by atoms with van der Waals surface area (Å²) in [5.41, 5.74) is 2.41. The molecular formula is C22H38N6. The first-order chi connectivity index (χ1) is 13.6. The third-order valence-electron chi connectivity index (χ3n) is 6.74. The van der Waals surface area contributed by atoms with Crippen LogP contribution in [0.2, 0.25) is 0 Å². The maximum Gasteiger partial charge on any atom is 0.137 e. The smallest absolute Gasteiger partial charge is 0.137 e. The van der Waals surface area contributed by atoms with Gasteiger partial charge in [0.25, 0.3) is 0 Å². The maximum atomic E-state index is 3.74. The van der Waals surface area contributed by atoms with Crippen LogP contribution in [0.3, 0.4) is 0 Å². The van der Waals surface area contributed by atoms with Crippen LogP contribution in [-0.2, 0) is 0 Å². The molecule has 0 radical (unpaired) electrons. The van der Waals surface area contributed by atoms with E-state index < -0.39 is 0 Å². The van der Waals surface area contributed by atoms with Gasteiger partial charge in [-0.2, -0.15) is 0 Å². The van der Waals surface area contributed by atoms with Crippen LogP contribution in [-0.4, -0.2) is 78.4 Å². The van der Waals surface area contributed by atoms with E-state index in [1.165, 1.54) is 63.4 Å². The molecule has 0 saturated carbocycles. The number of hydrogen-bond acceptors (Lipinski definition) is 6. The first-order valence-corrected chi connectivity index (χ1v) is 11.2. The number of dihydropyridines is 1. The van der Waals surface area contributed by atoms with Crippen molar-refractivity contribution in [3.63, 3.8) is 0 Å². The molecule has 0 bridgehead atoms. The Morgan fingerprint density at radius 2 is 1.71 bits per heavy atom. The van der Waals surface area contributed by atoms with Gasteiger partial charge in [-0.25, -0.2) is 0 Å². The summed E-state index contributed by atoms with van der Waals surface area (Å²) in [6, 6.07) is 1.47. The minimum absolute atomic E-state index is 0.169. The second kappa shape index (κ2) is 8.89. The fraction of sp³-hybridized carbons (Fsp3) is 0.727. The van der Waals surface area contributed by atoms with Crippen LogP contribution in [0.25, 0.3) is 0 Å². The zero-order valence-electron chi connectivity index (χ0n) is 17.8. The molecule has 156 valence electrons. The van der Waals surface area contributed by atoms with Crippen LogP contribution in [0.5, 0.6) is 0 Å². The number of nitrogens with zero attached hydrogens (tertiary/aromatic N) is 3. The molecule has 0 aliphatic carbocycles. The van der Waals surface area contributed by atoms with Crippen molar-refractivity contribution in [3.05, 3.63) is 35.8 Å². The van der Waals surface area contributed by atoms with E-state index >= 15 is 0 Å². The second-order valence-electron chi connectivity index (χ2n) is 8.95. The van der Waals surface area contributed by atoms with Crippen molar-refractivity contribution in [2.24, 2.45) is 0 Å². The maximum absolute atomic E-state index is 3.74. The molecule has 6 heteroatoms. The first-order valence-electron chi connectivity index (χ1n) is 11.2. The highest BCUT2D eigenvalue weighted by Gasteiger charge is 2.29. The number of nitrogens with one attached hydrogen (secondary N) is 3. The fourth-order valence-electron chi connectivity index (χ4n) is 4.98. The predicted molar refractivity (Wildman–Crippen MR) is 115 cm³/mol. The molecule has 0 aromatic carbocycles. The van der Waals surface area contributed by atoms with Crippen molar-refractivity contribution < 1.29 is 0 Å². The largest absolute Gasteiger partial charge is 0.366 e. The number of allylic oxidation sites excluding steroid dienone is 3. The second-order valence-corrected chi connectivity index (χ2v) is 8.95. The molecular weight excluding hydrogens is 348 g/mol. The molecule has 4 aliphatic heterocycles. The molecule has 2 unspecified atom stereocenters. The van der Waals surface area contributed by atoms with E-state index in [2.05, 4.69) is 75.8 Å². The number of piperidine rings is 1. The Morgan fingerprint density at radius 3 is 2.43 bits per heavy atom. The standard InChI is InChI=1S/C22H38N6/c1-17(2)26-12-8-19(9-13-26)27-10-5-11-28(15-14-27)21-7-4-6-20(25-21)22-23-16-18(3)24-22/h4,6-7,16-17,19,21-25H,5,8-15H2,1-3H3. The normalized spacial score (nSPS) is 31.0. The molecule has 4 heterocycles. The van der Waals surface area contributed by atoms with Gasteiger partial charge in [-0.05, 0) is 71.8 Å². The lowest BCUT2D eigenvalue weighted by molar-refractivity contribution is 0.0928. The Kier molecular flexibility index (Phi) is 6.28. The first kappa shape index (κ1) is 19.8. The van der Waals surface area contributed by atoms with Crippen molar-refractivity contribution in [2.75, 3.05) is 39.3 Å². The molecule has 0 spiro atoms. The molecule has 28 heavy (non-hydrogen) atoms. The lowest BCUT2D eigenvalue weighted by atomic mass is 10.0. The minimum Gasteiger partial charge on any atom is -0.366 e. The van der Waals surface area contributed by atoms with Crippen molar-refractivity contribution in [3.8, 4) is 0 Å².